The highest BCUT2D eigenvalue weighted by molar-refractivity contribution is 5.48. The predicted molar refractivity (Wildman–Crippen MR) is 110 cm³/mol. The van der Waals surface area contributed by atoms with Crippen molar-refractivity contribution < 1.29 is 24.9 Å². The molecule has 2 N–H and O–H groups in total. The average molecular weight is 417 g/mol. The normalized spacial score (nSPS) is 15.7. The first-order valence-electron chi connectivity index (χ1n) is 10.6. The molecule has 0 heterocycles. The van der Waals surface area contributed by atoms with E-state index in [9.17, 15) is 35.2 Å². The molecule has 0 amide bonds. The first kappa shape index (κ1) is 27.1. The molecule has 29 heavy (non-hydrogen) atoms. The Kier molecular flexibility index (Phi) is 15.9. The highest BCUT2D eigenvalue weighted by Crippen LogP contribution is 2.16. The summed E-state index contributed by atoms with van der Waals surface area (Å²) in [4.78, 5) is 31.6. The van der Waals surface area contributed by atoms with Gasteiger partial charge in [0.05, 0.1) is 0 Å². The van der Waals surface area contributed by atoms with E-state index in [2.05, 4.69) is 0 Å². The van der Waals surface area contributed by atoms with Gasteiger partial charge in [-0.05, 0) is 19.3 Å². The largest absolute Gasteiger partial charge is 0.386 e. The number of nitro groups is 2. The van der Waals surface area contributed by atoms with Crippen LogP contribution in [0, 0.1) is 20.2 Å². The molecule has 0 aliphatic rings. The quantitative estimate of drug-likeness (QED) is 0.108. The van der Waals surface area contributed by atoms with E-state index < -0.39 is 34.1 Å². The topological polar surface area (TPSA) is 144 Å². The minimum absolute atomic E-state index is 0.00243. The Morgan fingerprint density at radius 1 is 0.793 bits per heavy atom. The van der Waals surface area contributed by atoms with Crippen LogP contribution in [0.2, 0.25) is 0 Å². The lowest BCUT2D eigenvalue weighted by molar-refractivity contribution is -0.534. The van der Waals surface area contributed by atoms with Crippen molar-refractivity contribution in [3.05, 3.63) is 32.4 Å². The molecule has 0 saturated carbocycles. The molecule has 4 unspecified atom stereocenters. The lowest BCUT2D eigenvalue weighted by atomic mass is 9.99. The van der Waals surface area contributed by atoms with Crippen LogP contribution in [-0.4, -0.2) is 50.6 Å². The first-order chi connectivity index (χ1) is 13.8. The minimum atomic E-state index is -1.16. The fourth-order valence-electron chi connectivity index (χ4n) is 3.16. The molecule has 0 bridgehead atoms. The van der Waals surface area contributed by atoms with Crippen molar-refractivity contribution in [3.63, 3.8) is 0 Å². The van der Waals surface area contributed by atoms with Gasteiger partial charge in [0.2, 0.25) is 12.1 Å². The van der Waals surface area contributed by atoms with Crippen LogP contribution >= 0.6 is 0 Å². The Bertz CT molecular complexity index is 499. The number of carbonyl (C=O) groups is 1. The zero-order valence-electron chi connectivity index (χ0n) is 17.4. The van der Waals surface area contributed by atoms with Crippen LogP contribution < -0.4 is 0 Å². The maximum atomic E-state index is 11.2. The molecule has 9 heteroatoms. The van der Waals surface area contributed by atoms with Crippen molar-refractivity contribution in [2.75, 3.05) is 0 Å². The van der Waals surface area contributed by atoms with Crippen molar-refractivity contribution >= 4 is 6.29 Å². The third kappa shape index (κ3) is 13.1. The van der Waals surface area contributed by atoms with Crippen LogP contribution in [0.25, 0.3) is 0 Å². The third-order valence-corrected chi connectivity index (χ3v) is 5.03. The van der Waals surface area contributed by atoms with E-state index in [-0.39, 0.29) is 12.8 Å². The van der Waals surface area contributed by atoms with Gasteiger partial charge in [-0.25, -0.2) is 0 Å². The zero-order valence-corrected chi connectivity index (χ0v) is 17.4. The minimum Gasteiger partial charge on any atom is -0.386 e. The summed E-state index contributed by atoms with van der Waals surface area (Å²) in [5.74, 6) is 0. The van der Waals surface area contributed by atoms with Crippen molar-refractivity contribution in [3.8, 4) is 0 Å². The summed E-state index contributed by atoms with van der Waals surface area (Å²) in [7, 11) is 0. The van der Waals surface area contributed by atoms with Crippen LogP contribution in [0.5, 0.6) is 0 Å². The second-order valence-electron chi connectivity index (χ2n) is 7.44. The zero-order chi connectivity index (χ0) is 22.1. The van der Waals surface area contributed by atoms with Gasteiger partial charge in [0.15, 0.2) is 0 Å². The molecule has 0 aliphatic heterocycles. The van der Waals surface area contributed by atoms with Crippen LogP contribution in [0.3, 0.4) is 0 Å². The van der Waals surface area contributed by atoms with Crippen molar-refractivity contribution in [1.82, 2.24) is 0 Å². The molecule has 0 radical (unpaired) electrons. The monoisotopic (exact) mass is 416 g/mol. The Morgan fingerprint density at radius 2 is 1.24 bits per heavy atom. The Morgan fingerprint density at radius 3 is 1.66 bits per heavy atom. The van der Waals surface area contributed by atoms with Crippen LogP contribution in [0.4, 0.5) is 0 Å². The molecule has 0 spiro atoms. The van der Waals surface area contributed by atoms with E-state index >= 15 is 0 Å². The van der Waals surface area contributed by atoms with E-state index in [1.807, 2.05) is 6.92 Å². The van der Waals surface area contributed by atoms with E-state index in [1.54, 1.807) is 0 Å². The Hall–Kier alpha value is -1.87. The van der Waals surface area contributed by atoms with E-state index in [0.717, 1.165) is 44.8 Å². The van der Waals surface area contributed by atoms with Gasteiger partial charge in [-0.15, -0.1) is 0 Å². The fraction of sp³-hybridized carbons (Fsp3) is 0.850. The number of rotatable bonds is 19. The van der Waals surface area contributed by atoms with Crippen LogP contribution in [0.1, 0.15) is 84.0 Å². The summed E-state index contributed by atoms with van der Waals surface area (Å²) < 4.78 is 0. The Balaban J connectivity index is 4.46. The van der Waals surface area contributed by atoms with Crippen molar-refractivity contribution in [1.29, 1.82) is 0 Å². The van der Waals surface area contributed by atoms with Gasteiger partial charge in [0.1, 0.15) is 18.5 Å². The van der Waals surface area contributed by atoms with Crippen LogP contribution in [0.15, 0.2) is 12.2 Å². The number of aliphatic hydroxyl groups is 2. The molecule has 0 saturated heterocycles. The van der Waals surface area contributed by atoms with Gasteiger partial charge in [-0.1, -0.05) is 57.6 Å². The molecular weight excluding hydrogens is 380 g/mol. The molecule has 168 valence electrons. The van der Waals surface area contributed by atoms with Gasteiger partial charge in [-0.3, -0.25) is 20.2 Å². The predicted octanol–water partition coefficient (Wildman–Crippen LogP) is 3.46. The summed E-state index contributed by atoms with van der Waals surface area (Å²) in [5, 5.41) is 42.5. The average Bonchev–Trinajstić information content (AvgIpc) is 2.66. The van der Waals surface area contributed by atoms with Gasteiger partial charge in [0.25, 0.3) is 0 Å². The fourth-order valence-corrected chi connectivity index (χ4v) is 3.16. The van der Waals surface area contributed by atoms with Gasteiger partial charge in [-0.2, -0.15) is 0 Å². The maximum absolute atomic E-state index is 11.2. The first-order valence-corrected chi connectivity index (χ1v) is 10.6. The molecule has 0 fully saturated rings. The van der Waals surface area contributed by atoms with E-state index in [4.69, 9.17) is 0 Å². The van der Waals surface area contributed by atoms with Crippen molar-refractivity contribution in [2.45, 2.75) is 108 Å². The maximum Gasteiger partial charge on any atom is 0.241 e. The smallest absolute Gasteiger partial charge is 0.241 e. The summed E-state index contributed by atoms with van der Waals surface area (Å²) in [6.07, 6.45) is 8.47. The lowest BCUT2D eigenvalue weighted by Crippen LogP contribution is -2.34. The number of aldehydes is 1. The van der Waals surface area contributed by atoms with Gasteiger partial charge >= 0.3 is 0 Å². The van der Waals surface area contributed by atoms with Gasteiger partial charge in [0, 0.05) is 29.1 Å². The molecular formula is C20H36N2O7. The number of aliphatic hydroxyl groups excluding tert-OH is 2. The number of hydrogen-bond acceptors (Lipinski definition) is 7. The van der Waals surface area contributed by atoms with Gasteiger partial charge < -0.3 is 15.0 Å². The van der Waals surface area contributed by atoms with Crippen molar-refractivity contribution in [2.24, 2.45) is 0 Å². The standard InChI is InChI=1S/C20H36N2O7/c1-2-3-7-14-19(24)17(21(26)27)12-9-10-13-18(22(28)29)20(25)15-8-5-4-6-11-16-23/h9-10,16-20,24-25H,2-8,11-15H2,1H3/b10-9-. The van der Waals surface area contributed by atoms with E-state index in [0.29, 0.717) is 25.7 Å². The molecule has 9 nitrogen and oxygen atoms in total. The van der Waals surface area contributed by atoms with Crippen LogP contribution in [-0.2, 0) is 4.79 Å². The second kappa shape index (κ2) is 17.0. The second-order valence-corrected chi connectivity index (χ2v) is 7.44. The molecule has 0 aromatic heterocycles. The molecule has 0 aromatic rings. The lowest BCUT2D eigenvalue weighted by Gasteiger charge is -2.15. The third-order valence-electron chi connectivity index (χ3n) is 5.03. The number of unbranched alkanes of at least 4 members (excludes halogenated alkanes) is 6. The molecule has 4 atom stereocenters. The number of nitrogens with zero attached hydrogens (tertiary/aromatic N) is 2. The Labute approximate surface area is 172 Å². The highest BCUT2D eigenvalue weighted by Gasteiger charge is 2.29. The summed E-state index contributed by atoms with van der Waals surface area (Å²) in [6, 6.07) is -2.29. The number of hydrogen-bond donors (Lipinski definition) is 2. The molecule has 0 aromatic carbocycles. The van der Waals surface area contributed by atoms with E-state index in [1.165, 1.54) is 12.2 Å². The highest BCUT2D eigenvalue weighted by atomic mass is 16.6. The SMILES string of the molecule is CCCCCC(O)C(C/C=C\CC(C(O)CCCCCCC=O)[N+](=O)[O-])[N+](=O)[O-]. The number of carbonyl (C=O) groups excluding carboxylic acids is 1. The molecule has 0 aliphatic carbocycles. The summed E-state index contributed by atoms with van der Waals surface area (Å²) in [6.45, 7) is 2.01. The summed E-state index contributed by atoms with van der Waals surface area (Å²) >= 11 is 0. The summed E-state index contributed by atoms with van der Waals surface area (Å²) in [5.41, 5.74) is 0. The molecule has 0 rings (SSSR count).